The van der Waals surface area contributed by atoms with Gasteiger partial charge in [0.1, 0.15) is 11.6 Å². The minimum atomic E-state index is -0.219. The predicted octanol–water partition coefficient (Wildman–Crippen LogP) is 5.35. The largest absolute Gasteiger partial charge is 0.352 e. The fourth-order valence-electron chi connectivity index (χ4n) is 3.44. The smallest absolute Gasteiger partial charge is 0.251 e. The van der Waals surface area contributed by atoms with Gasteiger partial charge in [0, 0.05) is 28.6 Å². The molecule has 0 saturated heterocycles. The van der Waals surface area contributed by atoms with Gasteiger partial charge in [0.2, 0.25) is 0 Å². The molecule has 0 aliphatic rings. The quantitative estimate of drug-likeness (QED) is 0.374. The number of nitrogens with zero attached hydrogens (tertiary/aromatic N) is 2. The molecule has 0 saturated carbocycles. The highest BCUT2D eigenvalue weighted by atomic mass is 79.9. The van der Waals surface area contributed by atoms with Gasteiger partial charge in [-0.1, -0.05) is 46.3 Å². The Morgan fingerprint density at radius 3 is 2.53 bits per heavy atom. The molecule has 0 spiro atoms. The van der Waals surface area contributed by atoms with Crippen LogP contribution < -0.4 is 5.32 Å². The van der Waals surface area contributed by atoms with Crippen LogP contribution >= 0.6 is 15.9 Å². The first-order valence-corrected chi connectivity index (χ1v) is 10.6. The SMILES string of the molecule is O=C(NCCCc1nc2ccccc2n1Cc1ccccc1F)c1ccc(Br)cc1. The van der Waals surface area contributed by atoms with E-state index in [1.807, 2.05) is 42.5 Å². The van der Waals surface area contributed by atoms with Crippen molar-refractivity contribution >= 4 is 32.9 Å². The first kappa shape index (κ1) is 20.3. The van der Waals surface area contributed by atoms with Gasteiger partial charge in [-0.15, -0.1) is 0 Å². The van der Waals surface area contributed by atoms with Crippen LogP contribution in [0.25, 0.3) is 11.0 Å². The van der Waals surface area contributed by atoms with E-state index in [9.17, 15) is 9.18 Å². The van der Waals surface area contributed by atoms with Gasteiger partial charge in [0.05, 0.1) is 17.6 Å². The van der Waals surface area contributed by atoms with Crippen molar-refractivity contribution < 1.29 is 9.18 Å². The second-order valence-electron chi connectivity index (χ2n) is 7.06. The molecule has 0 atom stereocenters. The normalized spacial score (nSPS) is 11.0. The number of halogens is 2. The Hall–Kier alpha value is -2.99. The van der Waals surface area contributed by atoms with Crippen LogP contribution in [0.1, 0.15) is 28.2 Å². The van der Waals surface area contributed by atoms with Gasteiger partial charge in [0.25, 0.3) is 5.91 Å². The number of rotatable bonds is 7. The molecule has 3 aromatic carbocycles. The summed E-state index contributed by atoms with van der Waals surface area (Å²) >= 11 is 3.37. The Balaban J connectivity index is 1.45. The fourth-order valence-corrected chi connectivity index (χ4v) is 3.71. The molecule has 4 aromatic rings. The highest BCUT2D eigenvalue weighted by molar-refractivity contribution is 9.10. The van der Waals surface area contributed by atoms with E-state index >= 15 is 0 Å². The molecular formula is C24H21BrFN3O. The summed E-state index contributed by atoms with van der Waals surface area (Å²) in [5, 5.41) is 2.95. The summed E-state index contributed by atoms with van der Waals surface area (Å²) in [6.45, 7) is 0.964. The lowest BCUT2D eigenvalue weighted by atomic mass is 10.2. The molecule has 30 heavy (non-hydrogen) atoms. The molecule has 0 bridgehead atoms. The minimum absolute atomic E-state index is 0.0950. The molecule has 0 radical (unpaired) electrons. The van der Waals surface area contributed by atoms with Gasteiger partial charge < -0.3 is 9.88 Å². The van der Waals surface area contributed by atoms with Gasteiger partial charge in [-0.05, 0) is 48.9 Å². The van der Waals surface area contributed by atoms with Crippen molar-refractivity contribution in [1.29, 1.82) is 0 Å². The number of amides is 1. The number of carbonyl (C=O) groups excluding carboxylic acids is 1. The van der Waals surface area contributed by atoms with E-state index in [1.54, 1.807) is 24.3 Å². The third-order valence-electron chi connectivity index (χ3n) is 4.99. The molecule has 1 amide bonds. The second kappa shape index (κ2) is 9.22. The highest BCUT2D eigenvalue weighted by Gasteiger charge is 2.13. The molecule has 1 heterocycles. The lowest BCUT2D eigenvalue weighted by molar-refractivity contribution is 0.0953. The maximum atomic E-state index is 14.2. The molecule has 4 nitrogen and oxygen atoms in total. The third kappa shape index (κ3) is 4.60. The minimum Gasteiger partial charge on any atom is -0.352 e. The van der Waals surface area contributed by atoms with Crippen LogP contribution in [0.2, 0.25) is 0 Å². The van der Waals surface area contributed by atoms with Crippen LogP contribution in [0.3, 0.4) is 0 Å². The zero-order chi connectivity index (χ0) is 20.9. The van der Waals surface area contributed by atoms with Crippen molar-refractivity contribution in [2.45, 2.75) is 19.4 Å². The van der Waals surface area contributed by atoms with Crippen molar-refractivity contribution in [3.8, 4) is 0 Å². The highest BCUT2D eigenvalue weighted by Crippen LogP contribution is 2.20. The molecule has 152 valence electrons. The Bertz CT molecular complexity index is 1170. The zero-order valence-corrected chi connectivity index (χ0v) is 17.9. The Kier molecular flexibility index (Phi) is 6.23. The molecule has 1 aromatic heterocycles. The Morgan fingerprint density at radius 1 is 1.00 bits per heavy atom. The lowest BCUT2D eigenvalue weighted by Crippen LogP contribution is -2.25. The average molecular weight is 466 g/mol. The number of hydrogen-bond acceptors (Lipinski definition) is 2. The summed E-state index contributed by atoms with van der Waals surface area (Å²) in [6, 6.07) is 22.0. The van der Waals surface area contributed by atoms with Gasteiger partial charge in [-0.2, -0.15) is 0 Å². The molecule has 0 fully saturated rings. The van der Waals surface area contributed by atoms with Crippen LogP contribution in [-0.2, 0) is 13.0 Å². The molecule has 0 aliphatic carbocycles. The number of imidazole rings is 1. The average Bonchev–Trinajstić information content (AvgIpc) is 3.10. The second-order valence-corrected chi connectivity index (χ2v) is 7.98. The molecule has 1 N–H and O–H groups in total. The summed E-state index contributed by atoms with van der Waals surface area (Å²) in [6.07, 6.45) is 1.42. The van der Waals surface area contributed by atoms with Crippen LogP contribution in [0, 0.1) is 5.82 Å². The number of aromatic nitrogens is 2. The number of nitrogens with one attached hydrogen (secondary N) is 1. The van der Waals surface area contributed by atoms with Crippen LogP contribution in [-0.4, -0.2) is 22.0 Å². The maximum absolute atomic E-state index is 14.2. The molecule has 4 rings (SSSR count). The number of benzene rings is 3. The number of fused-ring (bicyclic) bond motifs is 1. The lowest BCUT2D eigenvalue weighted by Gasteiger charge is -2.11. The summed E-state index contributed by atoms with van der Waals surface area (Å²) in [4.78, 5) is 17.0. The Morgan fingerprint density at radius 2 is 1.73 bits per heavy atom. The number of aryl methyl sites for hydroxylation is 1. The van der Waals surface area contributed by atoms with E-state index in [0.717, 1.165) is 27.8 Å². The maximum Gasteiger partial charge on any atom is 0.251 e. The van der Waals surface area contributed by atoms with E-state index < -0.39 is 0 Å². The first-order chi connectivity index (χ1) is 14.6. The number of hydrogen-bond donors (Lipinski definition) is 1. The van der Waals surface area contributed by atoms with E-state index in [-0.39, 0.29) is 11.7 Å². The summed E-state index contributed by atoms with van der Waals surface area (Å²) in [5.41, 5.74) is 3.13. The van der Waals surface area contributed by atoms with E-state index in [2.05, 4.69) is 25.8 Å². The molecule has 0 unspecified atom stereocenters. The summed E-state index contributed by atoms with van der Waals surface area (Å²) in [7, 11) is 0. The van der Waals surface area contributed by atoms with Gasteiger partial charge >= 0.3 is 0 Å². The standard InChI is InChI=1S/C24H21BrFN3O/c25-19-13-11-17(12-14-19)24(30)27-15-5-10-23-28-21-8-3-4-9-22(21)29(23)16-18-6-1-2-7-20(18)26/h1-4,6-9,11-14H,5,10,15-16H2,(H,27,30). The van der Waals surface area contributed by atoms with Crippen LogP contribution in [0.5, 0.6) is 0 Å². The predicted molar refractivity (Wildman–Crippen MR) is 120 cm³/mol. The summed E-state index contributed by atoms with van der Waals surface area (Å²) in [5.74, 6) is 0.572. The first-order valence-electron chi connectivity index (χ1n) is 9.83. The van der Waals surface area contributed by atoms with E-state index in [1.165, 1.54) is 6.07 Å². The van der Waals surface area contributed by atoms with Crippen molar-refractivity contribution in [3.63, 3.8) is 0 Å². The Labute approximate surface area is 182 Å². The number of para-hydroxylation sites is 2. The van der Waals surface area contributed by atoms with E-state index in [4.69, 9.17) is 4.98 Å². The topological polar surface area (TPSA) is 46.9 Å². The van der Waals surface area contributed by atoms with Crippen molar-refractivity contribution in [2.24, 2.45) is 0 Å². The van der Waals surface area contributed by atoms with Crippen LogP contribution in [0.15, 0.2) is 77.3 Å². The summed E-state index contributed by atoms with van der Waals surface area (Å²) < 4.78 is 17.2. The van der Waals surface area contributed by atoms with Gasteiger partial charge in [0.15, 0.2) is 0 Å². The monoisotopic (exact) mass is 465 g/mol. The van der Waals surface area contributed by atoms with Crippen molar-refractivity contribution in [1.82, 2.24) is 14.9 Å². The van der Waals surface area contributed by atoms with Crippen molar-refractivity contribution in [2.75, 3.05) is 6.54 Å². The molecule has 0 aliphatic heterocycles. The van der Waals surface area contributed by atoms with Crippen LogP contribution in [0.4, 0.5) is 4.39 Å². The third-order valence-corrected chi connectivity index (χ3v) is 5.52. The van der Waals surface area contributed by atoms with Gasteiger partial charge in [-0.25, -0.2) is 9.37 Å². The molecule has 6 heteroatoms. The number of carbonyl (C=O) groups is 1. The zero-order valence-electron chi connectivity index (χ0n) is 16.3. The fraction of sp³-hybridized carbons (Fsp3) is 0.167. The van der Waals surface area contributed by atoms with E-state index in [0.29, 0.717) is 30.6 Å². The van der Waals surface area contributed by atoms with Gasteiger partial charge in [-0.3, -0.25) is 4.79 Å². The molecular weight excluding hydrogens is 445 g/mol. The van der Waals surface area contributed by atoms with Crippen molar-refractivity contribution in [3.05, 3.63) is 100 Å².